The van der Waals surface area contributed by atoms with E-state index in [4.69, 9.17) is 5.73 Å². The zero-order chi connectivity index (χ0) is 12.7. The lowest BCUT2D eigenvalue weighted by Gasteiger charge is -2.23. The number of likely N-dealkylation sites (N-methyl/N-ethyl adjacent to an activating group) is 1. The highest BCUT2D eigenvalue weighted by Gasteiger charge is 2.20. The van der Waals surface area contributed by atoms with Crippen molar-refractivity contribution < 1.29 is 9.59 Å². The van der Waals surface area contributed by atoms with Gasteiger partial charge in [0.2, 0.25) is 11.8 Å². The smallest absolute Gasteiger partial charge is 0.239 e. The van der Waals surface area contributed by atoms with Gasteiger partial charge in [0.25, 0.3) is 0 Å². The van der Waals surface area contributed by atoms with Crippen LogP contribution in [-0.2, 0) is 9.59 Å². The number of hydrogen-bond donors (Lipinski definition) is 2. The molecule has 0 spiro atoms. The van der Waals surface area contributed by atoms with Crippen LogP contribution in [-0.4, -0.2) is 42.4 Å². The molecule has 0 heterocycles. The lowest BCUT2D eigenvalue weighted by atomic mass is 10.1. The molecule has 0 aliphatic carbocycles. The van der Waals surface area contributed by atoms with Gasteiger partial charge in [0, 0.05) is 25.0 Å². The standard InChI is InChI=1S/C11H23N3O2/c1-5-14(11(16)9(4)6-12)7-10(15)13-8(2)3/h8-9H,5-7,12H2,1-4H3,(H,13,15). The summed E-state index contributed by atoms with van der Waals surface area (Å²) in [5, 5.41) is 2.76. The van der Waals surface area contributed by atoms with Gasteiger partial charge in [-0.1, -0.05) is 6.92 Å². The summed E-state index contributed by atoms with van der Waals surface area (Å²) in [6.45, 7) is 8.33. The molecule has 0 radical (unpaired) electrons. The van der Waals surface area contributed by atoms with Crippen molar-refractivity contribution in [3.63, 3.8) is 0 Å². The van der Waals surface area contributed by atoms with Gasteiger partial charge in [-0.2, -0.15) is 0 Å². The van der Waals surface area contributed by atoms with Gasteiger partial charge in [0.05, 0.1) is 6.54 Å². The van der Waals surface area contributed by atoms with E-state index in [1.165, 1.54) is 4.90 Å². The number of rotatable bonds is 6. The number of nitrogens with zero attached hydrogens (tertiary/aromatic N) is 1. The Morgan fingerprint density at radius 2 is 1.88 bits per heavy atom. The minimum Gasteiger partial charge on any atom is -0.352 e. The Morgan fingerprint density at radius 3 is 2.25 bits per heavy atom. The molecular formula is C11H23N3O2. The number of hydrogen-bond acceptors (Lipinski definition) is 3. The van der Waals surface area contributed by atoms with Crippen molar-refractivity contribution in [2.45, 2.75) is 33.7 Å². The van der Waals surface area contributed by atoms with E-state index in [0.717, 1.165) is 0 Å². The lowest BCUT2D eigenvalue weighted by molar-refractivity contribution is -0.138. The van der Waals surface area contributed by atoms with E-state index in [-0.39, 0.29) is 30.3 Å². The Bertz CT molecular complexity index is 241. The summed E-state index contributed by atoms with van der Waals surface area (Å²) in [4.78, 5) is 24.8. The van der Waals surface area contributed by atoms with Crippen molar-refractivity contribution in [2.75, 3.05) is 19.6 Å². The summed E-state index contributed by atoms with van der Waals surface area (Å²) < 4.78 is 0. The highest BCUT2D eigenvalue weighted by molar-refractivity contribution is 5.85. The molecule has 0 rings (SSSR count). The first-order valence-electron chi connectivity index (χ1n) is 5.70. The molecule has 0 aromatic rings. The van der Waals surface area contributed by atoms with E-state index in [1.54, 1.807) is 6.92 Å². The molecular weight excluding hydrogens is 206 g/mol. The summed E-state index contributed by atoms with van der Waals surface area (Å²) in [7, 11) is 0. The van der Waals surface area contributed by atoms with Crippen molar-refractivity contribution in [1.82, 2.24) is 10.2 Å². The van der Waals surface area contributed by atoms with Crippen molar-refractivity contribution in [1.29, 1.82) is 0 Å². The van der Waals surface area contributed by atoms with E-state index < -0.39 is 0 Å². The third-order valence-corrected chi connectivity index (χ3v) is 2.25. The molecule has 0 fully saturated rings. The lowest BCUT2D eigenvalue weighted by Crippen LogP contribution is -2.45. The largest absolute Gasteiger partial charge is 0.352 e. The van der Waals surface area contributed by atoms with Gasteiger partial charge in [0.1, 0.15) is 0 Å². The Morgan fingerprint density at radius 1 is 1.31 bits per heavy atom. The number of carbonyl (C=O) groups is 2. The molecule has 3 N–H and O–H groups in total. The van der Waals surface area contributed by atoms with Gasteiger partial charge in [-0.25, -0.2) is 0 Å². The van der Waals surface area contributed by atoms with Crippen LogP contribution in [0.2, 0.25) is 0 Å². The predicted molar refractivity (Wildman–Crippen MR) is 63.8 cm³/mol. The number of nitrogens with one attached hydrogen (secondary N) is 1. The third kappa shape index (κ3) is 5.11. The van der Waals surface area contributed by atoms with Gasteiger partial charge >= 0.3 is 0 Å². The Kier molecular flexibility index (Phi) is 6.72. The molecule has 0 aliphatic heterocycles. The molecule has 1 unspecified atom stereocenters. The highest BCUT2D eigenvalue weighted by Crippen LogP contribution is 2.00. The first kappa shape index (κ1) is 14.9. The van der Waals surface area contributed by atoms with E-state index in [2.05, 4.69) is 5.32 Å². The van der Waals surface area contributed by atoms with E-state index in [1.807, 2.05) is 20.8 Å². The van der Waals surface area contributed by atoms with Gasteiger partial charge in [-0.3, -0.25) is 9.59 Å². The van der Waals surface area contributed by atoms with Crippen LogP contribution in [0.1, 0.15) is 27.7 Å². The summed E-state index contributed by atoms with van der Waals surface area (Å²) in [6.07, 6.45) is 0. The summed E-state index contributed by atoms with van der Waals surface area (Å²) >= 11 is 0. The fourth-order valence-electron chi connectivity index (χ4n) is 1.30. The molecule has 0 bridgehead atoms. The highest BCUT2D eigenvalue weighted by atomic mass is 16.2. The molecule has 2 amide bonds. The second kappa shape index (κ2) is 7.22. The Balaban J connectivity index is 4.29. The zero-order valence-corrected chi connectivity index (χ0v) is 10.6. The molecule has 0 saturated heterocycles. The molecule has 0 aliphatic rings. The quantitative estimate of drug-likeness (QED) is 0.671. The average Bonchev–Trinajstić information content (AvgIpc) is 2.22. The van der Waals surface area contributed by atoms with Crippen LogP contribution in [0.3, 0.4) is 0 Å². The maximum absolute atomic E-state index is 11.8. The van der Waals surface area contributed by atoms with Gasteiger partial charge in [0.15, 0.2) is 0 Å². The van der Waals surface area contributed by atoms with Crippen molar-refractivity contribution >= 4 is 11.8 Å². The molecule has 16 heavy (non-hydrogen) atoms. The zero-order valence-electron chi connectivity index (χ0n) is 10.6. The molecule has 94 valence electrons. The van der Waals surface area contributed by atoms with Crippen LogP contribution >= 0.6 is 0 Å². The predicted octanol–water partition coefficient (Wildman–Crippen LogP) is -0.0457. The first-order chi connectivity index (χ1) is 7.42. The third-order valence-electron chi connectivity index (χ3n) is 2.25. The van der Waals surface area contributed by atoms with Crippen molar-refractivity contribution in [3.8, 4) is 0 Å². The second-order valence-electron chi connectivity index (χ2n) is 4.21. The SMILES string of the molecule is CCN(CC(=O)NC(C)C)C(=O)C(C)CN. The summed E-state index contributed by atoms with van der Waals surface area (Å²) in [6, 6.07) is 0.0910. The van der Waals surface area contributed by atoms with E-state index in [9.17, 15) is 9.59 Å². The molecule has 0 saturated carbocycles. The fraction of sp³-hybridized carbons (Fsp3) is 0.818. The van der Waals surface area contributed by atoms with E-state index >= 15 is 0 Å². The topological polar surface area (TPSA) is 75.4 Å². The van der Waals surface area contributed by atoms with Crippen LogP contribution in [0, 0.1) is 5.92 Å². The average molecular weight is 229 g/mol. The Hall–Kier alpha value is -1.10. The van der Waals surface area contributed by atoms with Crippen LogP contribution in [0.15, 0.2) is 0 Å². The maximum atomic E-state index is 11.8. The van der Waals surface area contributed by atoms with Crippen LogP contribution in [0.5, 0.6) is 0 Å². The normalized spacial score (nSPS) is 12.4. The molecule has 0 aromatic carbocycles. The Labute approximate surface area is 97.4 Å². The molecule has 5 heteroatoms. The summed E-state index contributed by atoms with van der Waals surface area (Å²) in [5.41, 5.74) is 5.43. The van der Waals surface area contributed by atoms with Crippen molar-refractivity contribution in [2.24, 2.45) is 11.7 Å². The van der Waals surface area contributed by atoms with Gasteiger partial charge in [-0.05, 0) is 20.8 Å². The van der Waals surface area contributed by atoms with E-state index in [0.29, 0.717) is 13.1 Å². The minimum atomic E-state index is -0.230. The van der Waals surface area contributed by atoms with Gasteiger partial charge < -0.3 is 16.0 Å². The van der Waals surface area contributed by atoms with Crippen LogP contribution < -0.4 is 11.1 Å². The number of nitrogens with two attached hydrogens (primary N) is 1. The number of amides is 2. The number of carbonyl (C=O) groups excluding carboxylic acids is 2. The van der Waals surface area contributed by atoms with Gasteiger partial charge in [-0.15, -0.1) is 0 Å². The van der Waals surface area contributed by atoms with Crippen LogP contribution in [0.25, 0.3) is 0 Å². The first-order valence-corrected chi connectivity index (χ1v) is 5.70. The second-order valence-corrected chi connectivity index (χ2v) is 4.21. The molecule has 5 nitrogen and oxygen atoms in total. The monoisotopic (exact) mass is 229 g/mol. The molecule has 0 aromatic heterocycles. The minimum absolute atomic E-state index is 0.0658. The fourth-order valence-corrected chi connectivity index (χ4v) is 1.30. The molecule has 1 atom stereocenters. The maximum Gasteiger partial charge on any atom is 0.239 e. The van der Waals surface area contributed by atoms with Crippen molar-refractivity contribution in [3.05, 3.63) is 0 Å². The van der Waals surface area contributed by atoms with Crippen LogP contribution in [0.4, 0.5) is 0 Å². The summed E-state index contributed by atoms with van der Waals surface area (Å²) in [5.74, 6) is -0.426.